The van der Waals surface area contributed by atoms with E-state index in [2.05, 4.69) is 20.9 Å². The summed E-state index contributed by atoms with van der Waals surface area (Å²) in [4.78, 5) is 3.91. The number of halogens is 4. The quantitative estimate of drug-likeness (QED) is 0.762. The van der Waals surface area contributed by atoms with E-state index in [9.17, 15) is 4.39 Å². The molecule has 0 bridgehead atoms. The van der Waals surface area contributed by atoms with Crippen LogP contribution in [0, 0.1) is 5.82 Å². The molecular formula is C11H5BrCl2FNO. The van der Waals surface area contributed by atoms with Crippen LogP contribution in [-0.4, -0.2) is 4.98 Å². The first-order valence-corrected chi connectivity index (χ1v) is 6.04. The van der Waals surface area contributed by atoms with E-state index < -0.39 is 5.82 Å². The van der Waals surface area contributed by atoms with Crippen LogP contribution in [0.5, 0.6) is 11.6 Å². The minimum absolute atomic E-state index is 0.175. The molecule has 0 amide bonds. The molecule has 17 heavy (non-hydrogen) atoms. The van der Waals surface area contributed by atoms with Gasteiger partial charge in [0, 0.05) is 16.7 Å². The van der Waals surface area contributed by atoms with Crippen molar-refractivity contribution in [3.05, 3.63) is 50.8 Å². The molecule has 0 atom stereocenters. The lowest BCUT2D eigenvalue weighted by atomic mass is 10.3. The molecule has 0 aliphatic heterocycles. The summed E-state index contributed by atoms with van der Waals surface area (Å²) in [5.74, 6) is 0.0571. The summed E-state index contributed by atoms with van der Waals surface area (Å²) in [6.45, 7) is 0. The number of nitrogens with zero attached hydrogens (tertiary/aromatic N) is 1. The zero-order valence-corrected chi connectivity index (χ0v) is 11.4. The molecule has 2 nitrogen and oxygen atoms in total. The second-order valence-corrected chi connectivity index (χ2v) is 4.91. The van der Waals surface area contributed by atoms with Gasteiger partial charge >= 0.3 is 0 Å². The lowest BCUT2D eigenvalue weighted by Gasteiger charge is -2.07. The topological polar surface area (TPSA) is 22.1 Å². The molecule has 6 heteroatoms. The second-order valence-electron chi connectivity index (χ2n) is 3.15. The predicted octanol–water partition coefficient (Wildman–Crippen LogP) is 5.08. The van der Waals surface area contributed by atoms with Crippen molar-refractivity contribution >= 4 is 39.1 Å². The zero-order chi connectivity index (χ0) is 12.4. The fourth-order valence-corrected chi connectivity index (χ4v) is 2.04. The van der Waals surface area contributed by atoms with Crippen molar-refractivity contribution in [2.45, 2.75) is 0 Å². The number of hydrogen-bond donors (Lipinski definition) is 0. The van der Waals surface area contributed by atoms with E-state index in [1.807, 2.05) is 0 Å². The van der Waals surface area contributed by atoms with Gasteiger partial charge in [-0.15, -0.1) is 0 Å². The van der Waals surface area contributed by atoms with Crippen molar-refractivity contribution in [3.8, 4) is 11.6 Å². The van der Waals surface area contributed by atoms with Crippen LogP contribution in [0.2, 0.25) is 10.0 Å². The van der Waals surface area contributed by atoms with Crippen molar-refractivity contribution < 1.29 is 9.13 Å². The maximum Gasteiger partial charge on any atom is 0.238 e. The van der Waals surface area contributed by atoms with Gasteiger partial charge in [0.2, 0.25) is 5.88 Å². The molecule has 1 heterocycles. The number of pyridine rings is 1. The average Bonchev–Trinajstić information content (AvgIpc) is 2.21. The summed E-state index contributed by atoms with van der Waals surface area (Å²) in [6, 6.07) is 5.66. The average molecular weight is 337 g/mol. The van der Waals surface area contributed by atoms with Gasteiger partial charge in [0.25, 0.3) is 0 Å². The molecule has 0 fully saturated rings. The predicted molar refractivity (Wildman–Crippen MR) is 68.4 cm³/mol. The van der Waals surface area contributed by atoms with Crippen LogP contribution in [0.4, 0.5) is 4.39 Å². The monoisotopic (exact) mass is 335 g/mol. The van der Waals surface area contributed by atoms with Crippen molar-refractivity contribution in [2.75, 3.05) is 0 Å². The fourth-order valence-electron chi connectivity index (χ4n) is 1.18. The molecule has 0 radical (unpaired) electrons. The third-order valence-corrected chi connectivity index (χ3v) is 2.76. The van der Waals surface area contributed by atoms with E-state index in [0.717, 1.165) is 0 Å². The number of rotatable bonds is 2. The van der Waals surface area contributed by atoms with Crippen LogP contribution in [0.15, 0.2) is 34.9 Å². The lowest BCUT2D eigenvalue weighted by molar-refractivity contribution is 0.458. The van der Waals surface area contributed by atoms with E-state index in [1.54, 1.807) is 6.07 Å². The number of ether oxygens (including phenoxy) is 1. The number of hydrogen-bond acceptors (Lipinski definition) is 2. The molecule has 0 saturated carbocycles. The van der Waals surface area contributed by atoms with Crippen LogP contribution in [0.25, 0.3) is 0 Å². The Hall–Kier alpha value is -0.840. The van der Waals surface area contributed by atoms with Gasteiger partial charge in [-0.05, 0) is 18.2 Å². The molecule has 0 saturated heterocycles. The van der Waals surface area contributed by atoms with E-state index in [1.165, 1.54) is 24.4 Å². The fraction of sp³-hybridized carbons (Fsp3) is 0. The molecule has 0 aliphatic rings. The number of aromatic nitrogens is 1. The van der Waals surface area contributed by atoms with Crippen LogP contribution < -0.4 is 4.74 Å². The number of benzene rings is 1. The Balaban J connectivity index is 2.31. The summed E-state index contributed by atoms with van der Waals surface area (Å²) >= 11 is 14.7. The standard InChI is InChI=1S/C11H5BrCl2FNO/c12-6-1-8(15)4-9(2-6)17-11-10(14)3-7(13)5-16-11/h1-5H. The maximum atomic E-state index is 13.1. The van der Waals surface area contributed by atoms with Gasteiger partial charge in [0.15, 0.2) is 0 Å². The SMILES string of the molecule is Fc1cc(Br)cc(Oc2ncc(Cl)cc2Cl)c1. The first-order chi connectivity index (χ1) is 8.04. The van der Waals surface area contributed by atoms with Gasteiger partial charge < -0.3 is 4.74 Å². The van der Waals surface area contributed by atoms with E-state index in [4.69, 9.17) is 27.9 Å². The van der Waals surface area contributed by atoms with Gasteiger partial charge in [-0.25, -0.2) is 9.37 Å². The highest BCUT2D eigenvalue weighted by atomic mass is 79.9. The molecule has 2 rings (SSSR count). The van der Waals surface area contributed by atoms with Gasteiger partial charge in [-0.3, -0.25) is 0 Å². The summed E-state index contributed by atoms with van der Waals surface area (Å²) in [6.07, 6.45) is 1.40. The Morgan fingerprint density at radius 3 is 2.59 bits per heavy atom. The molecule has 1 aromatic carbocycles. The van der Waals surface area contributed by atoms with E-state index in [0.29, 0.717) is 15.2 Å². The van der Waals surface area contributed by atoms with E-state index in [-0.39, 0.29) is 10.9 Å². The molecular weight excluding hydrogens is 332 g/mol. The summed E-state index contributed by atoms with van der Waals surface area (Å²) in [5, 5.41) is 0.667. The van der Waals surface area contributed by atoms with Crippen LogP contribution in [-0.2, 0) is 0 Å². The molecule has 2 aromatic rings. The first kappa shape index (κ1) is 12.6. The molecule has 0 aliphatic carbocycles. The van der Waals surface area contributed by atoms with Gasteiger partial charge in [-0.1, -0.05) is 39.1 Å². The molecule has 0 spiro atoms. The van der Waals surface area contributed by atoms with E-state index >= 15 is 0 Å². The van der Waals surface area contributed by atoms with Crippen molar-refractivity contribution in [3.63, 3.8) is 0 Å². The second kappa shape index (κ2) is 5.21. The van der Waals surface area contributed by atoms with Gasteiger partial charge in [-0.2, -0.15) is 0 Å². The lowest BCUT2D eigenvalue weighted by Crippen LogP contribution is -1.90. The summed E-state index contributed by atoms with van der Waals surface area (Å²) < 4.78 is 19.0. The molecule has 1 aromatic heterocycles. The maximum absolute atomic E-state index is 13.1. The Morgan fingerprint density at radius 1 is 1.18 bits per heavy atom. The molecule has 0 unspecified atom stereocenters. The Morgan fingerprint density at radius 2 is 1.94 bits per heavy atom. The highest BCUT2D eigenvalue weighted by Gasteiger charge is 2.07. The third kappa shape index (κ3) is 3.31. The Bertz CT molecular complexity index is 545. The smallest absolute Gasteiger partial charge is 0.238 e. The molecule has 0 N–H and O–H groups in total. The van der Waals surface area contributed by atoms with Crippen molar-refractivity contribution in [1.82, 2.24) is 4.98 Å². The third-order valence-electron chi connectivity index (χ3n) is 1.82. The largest absolute Gasteiger partial charge is 0.437 e. The Labute approximate surface area is 115 Å². The van der Waals surface area contributed by atoms with Crippen molar-refractivity contribution in [2.24, 2.45) is 0 Å². The normalized spacial score (nSPS) is 10.4. The van der Waals surface area contributed by atoms with Gasteiger partial charge in [0.1, 0.15) is 16.6 Å². The zero-order valence-electron chi connectivity index (χ0n) is 8.25. The van der Waals surface area contributed by atoms with Crippen LogP contribution >= 0.6 is 39.1 Å². The highest BCUT2D eigenvalue weighted by Crippen LogP contribution is 2.30. The minimum atomic E-state index is -0.417. The first-order valence-electron chi connectivity index (χ1n) is 4.49. The van der Waals surface area contributed by atoms with Crippen LogP contribution in [0.3, 0.4) is 0 Å². The summed E-state index contributed by atoms with van der Waals surface area (Å²) in [5.41, 5.74) is 0. The van der Waals surface area contributed by atoms with Crippen LogP contribution in [0.1, 0.15) is 0 Å². The Kier molecular flexibility index (Phi) is 3.86. The molecule has 88 valence electrons. The van der Waals surface area contributed by atoms with Crippen molar-refractivity contribution in [1.29, 1.82) is 0 Å². The van der Waals surface area contributed by atoms with Gasteiger partial charge in [0.05, 0.1) is 5.02 Å². The highest BCUT2D eigenvalue weighted by molar-refractivity contribution is 9.10. The summed E-state index contributed by atoms with van der Waals surface area (Å²) in [7, 11) is 0. The minimum Gasteiger partial charge on any atom is -0.437 e.